The lowest BCUT2D eigenvalue weighted by Crippen LogP contribution is -2.37. The molecule has 0 saturated carbocycles. The van der Waals surface area contributed by atoms with Crippen LogP contribution in [-0.2, 0) is 4.74 Å². The number of carbonyl (C=O) groups is 1. The quantitative estimate of drug-likeness (QED) is 0.510. The van der Waals surface area contributed by atoms with Gasteiger partial charge in [-0.1, -0.05) is 17.4 Å². The first-order chi connectivity index (χ1) is 15.1. The van der Waals surface area contributed by atoms with Crippen LogP contribution >= 0.6 is 11.3 Å². The monoisotopic (exact) mass is 442 g/mol. The van der Waals surface area contributed by atoms with Crippen molar-refractivity contribution in [3.05, 3.63) is 42.0 Å². The Morgan fingerprint density at radius 3 is 2.81 bits per heavy atom. The number of nitrogens with zero attached hydrogens (tertiary/aromatic N) is 2. The van der Waals surface area contributed by atoms with Gasteiger partial charge in [0.15, 0.2) is 5.13 Å². The molecule has 8 heteroatoms. The van der Waals surface area contributed by atoms with Gasteiger partial charge in [-0.25, -0.2) is 4.98 Å². The fraction of sp³-hybridized carbons (Fsp3) is 0.391. The van der Waals surface area contributed by atoms with Crippen LogP contribution in [0.1, 0.15) is 30.1 Å². The zero-order chi connectivity index (χ0) is 21.8. The molecule has 7 nitrogen and oxygen atoms in total. The van der Waals surface area contributed by atoms with E-state index in [0.29, 0.717) is 47.7 Å². The maximum Gasteiger partial charge on any atom is 0.264 e. The van der Waals surface area contributed by atoms with E-state index in [9.17, 15) is 4.79 Å². The number of benzene rings is 2. The van der Waals surface area contributed by atoms with Gasteiger partial charge in [0.1, 0.15) is 22.8 Å². The second-order valence-electron chi connectivity index (χ2n) is 7.15. The Bertz CT molecular complexity index is 1060. The number of ether oxygens (including phenoxy) is 4. The van der Waals surface area contributed by atoms with Gasteiger partial charge in [0.2, 0.25) is 0 Å². The Hall–Kier alpha value is -2.84. The molecular formula is C23H26N2O5S. The molecule has 1 amide bonds. The van der Waals surface area contributed by atoms with Gasteiger partial charge in [-0.05, 0) is 50.1 Å². The van der Waals surface area contributed by atoms with Crippen LogP contribution in [0.3, 0.4) is 0 Å². The molecule has 1 aliphatic heterocycles. The minimum absolute atomic E-state index is 0.0288. The molecule has 1 fully saturated rings. The van der Waals surface area contributed by atoms with Gasteiger partial charge in [-0.2, -0.15) is 0 Å². The van der Waals surface area contributed by atoms with Gasteiger partial charge < -0.3 is 18.9 Å². The molecule has 2 aromatic carbocycles. The molecular weight excluding hydrogens is 416 g/mol. The lowest BCUT2D eigenvalue weighted by Gasteiger charge is -2.24. The average molecular weight is 443 g/mol. The molecule has 0 spiro atoms. The molecule has 31 heavy (non-hydrogen) atoms. The lowest BCUT2D eigenvalue weighted by molar-refractivity contribution is 0.0914. The second-order valence-corrected chi connectivity index (χ2v) is 8.16. The van der Waals surface area contributed by atoms with Crippen LogP contribution in [0.5, 0.6) is 17.2 Å². The van der Waals surface area contributed by atoms with Crippen LogP contribution in [-0.4, -0.2) is 51.0 Å². The highest BCUT2D eigenvalue weighted by Crippen LogP contribution is 2.36. The van der Waals surface area contributed by atoms with Crippen LogP contribution in [0.15, 0.2) is 36.4 Å². The van der Waals surface area contributed by atoms with Crippen molar-refractivity contribution in [3.63, 3.8) is 0 Å². The molecule has 1 atom stereocenters. The van der Waals surface area contributed by atoms with Crippen molar-refractivity contribution in [3.8, 4) is 17.2 Å². The minimum atomic E-state index is -0.205. The minimum Gasteiger partial charge on any atom is -0.497 e. The second kappa shape index (κ2) is 9.53. The third kappa shape index (κ3) is 4.45. The maximum atomic E-state index is 13.7. The number of fused-ring (bicyclic) bond motifs is 1. The van der Waals surface area contributed by atoms with E-state index in [4.69, 9.17) is 23.9 Å². The SMILES string of the molecule is CCOc1cccc2sc(N(CC3CCCO3)C(=O)c3cc(OC)ccc3OC)nc12. The van der Waals surface area contributed by atoms with E-state index in [-0.39, 0.29) is 12.0 Å². The van der Waals surface area contributed by atoms with Crippen LogP contribution in [0.4, 0.5) is 5.13 Å². The Kier molecular flexibility index (Phi) is 6.58. The Morgan fingerprint density at radius 1 is 1.23 bits per heavy atom. The molecule has 0 N–H and O–H groups in total. The number of rotatable bonds is 8. The molecule has 1 aliphatic rings. The van der Waals surface area contributed by atoms with E-state index in [1.807, 2.05) is 25.1 Å². The number of amides is 1. The van der Waals surface area contributed by atoms with Crippen LogP contribution < -0.4 is 19.1 Å². The molecule has 0 aliphatic carbocycles. The van der Waals surface area contributed by atoms with Crippen LogP contribution in [0.2, 0.25) is 0 Å². The average Bonchev–Trinajstić information content (AvgIpc) is 3.47. The molecule has 164 valence electrons. The first-order valence-electron chi connectivity index (χ1n) is 10.3. The largest absolute Gasteiger partial charge is 0.497 e. The fourth-order valence-electron chi connectivity index (χ4n) is 3.67. The molecule has 4 rings (SSSR count). The Labute approximate surface area is 185 Å². The van der Waals surface area contributed by atoms with Crippen molar-refractivity contribution in [1.29, 1.82) is 0 Å². The number of thiazole rings is 1. The molecule has 3 aromatic rings. The van der Waals surface area contributed by atoms with Crippen molar-refractivity contribution in [2.75, 3.05) is 38.9 Å². The normalized spacial score (nSPS) is 15.8. The molecule has 2 heterocycles. The van der Waals surface area contributed by atoms with E-state index in [1.54, 1.807) is 37.3 Å². The summed E-state index contributed by atoms with van der Waals surface area (Å²) in [5, 5.41) is 0.604. The summed E-state index contributed by atoms with van der Waals surface area (Å²) in [7, 11) is 3.12. The maximum absolute atomic E-state index is 13.7. The van der Waals surface area contributed by atoms with E-state index in [0.717, 1.165) is 23.1 Å². The van der Waals surface area contributed by atoms with Gasteiger partial charge in [0.05, 0.1) is 43.7 Å². The standard InChI is InChI=1S/C23H26N2O5S/c1-4-29-19-8-5-9-20-21(19)24-23(31-20)25(14-16-7-6-12-30-16)22(26)17-13-15(27-2)10-11-18(17)28-3/h5,8-11,13,16H,4,6-7,12,14H2,1-3H3. The summed E-state index contributed by atoms with van der Waals surface area (Å²) in [5.74, 6) is 1.58. The highest BCUT2D eigenvalue weighted by atomic mass is 32.1. The molecule has 0 bridgehead atoms. The van der Waals surface area contributed by atoms with Crippen molar-refractivity contribution in [1.82, 2.24) is 4.98 Å². The van der Waals surface area contributed by atoms with Gasteiger partial charge in [-0.15, -0.1) is 0 Å². The molecule has 1 aromatic heterocycles. The summed E-state index contributed by atoms with van der Waals surface area (Å²) in [4.78, 5) is 20.2. The number of para-hydroxylation sites is 1. The van der Waals surface area contributed by atoms with E-state index >= 15 is 0 Å². The number of carbonyl (C=O) groups excluding carboxylic acids is 1. The number of methoxy groups -OCH3 is 2. The summed E-state index contributed by atoms with van der Waals surface area (Å²) in [6, 6.07) is 11.0. The number of anilines is 1. The summed E-state index contributed by atoms with van der Waals surface area (Å²) >= 11 is 1.46. The van der Waals surface area contributed by atoms with Gasteiger partial charge >= 0.3 is 0 Å². The van der Waals surface area contributed by atoms with Crippen molar-refractivity contribution in [2.24, 2.45) is 0 Å². The summed E-state index contributed by atoms with van der Waals surface area (Å²) in [6.07, 6.45) is 1.87. The predicted octanol–water partition coefficient (Wildman–Crippen LogP) is 4.54. The van der Waals surface area contributed by atoms with Gasteiger partial charge in [-0.3, -0.25) is 9.69 Å². The Morgan fingerprint density at radius 2 is 2.10 bits per heavy atom. The zero-order valence-electron chi connectivity index (χ0n) is 17.9. The summed E-state index contributed by atoms with van der Waals surface area (Å²) in [6.45, 7) is 3.62. The molecule has 1 unspecified atom stereocenters. The van der Waals surface area contributed by atoms with Crippen molar-refractivity contribution < 1.29 is 23.7 Å². The smallest absolute Gasteiger partial charge is 0.264 e. The number of hydrogen-bond donors (Lipinski definition) is 0. The Balaban J connectivity index is 1.77. The number of hydrogen-bond acceptors (Lipinski definition) is 7. The van der Waals surface area contributed by atoms with Crippen LogP contribution in [0, 0.1) is 0 Å². The third-order valence-corrected chi connectivity index (χ3v) is 6.24. The van der Waals surface area contributed by atoms with E-state index in [2.05, 4.69) is 0 Å². The van der Waals surface area contributed by atoms with E-state index in [1.165, 1.54) is 11.3 Å². The predicted molar refractivity (Wildman–Crippen MR) is 121 cm³/mol. The summed E-state index contributed by atoms with van der Waals surface area (Å²) < 4.78 is 23.3. The number of aromatic nitrogens is 1. The highest BCUT2D eigenvalue weighted by Gasteiger charge is 2.29. The summed E-state index contributed by atoms with van der Waals surface area (Å²) in [5.41, 5.74) is 1.18. The molecule has 1 saturated heterocycles. The van der Waals surface area contributed by atoms with E-state index < -0.39 is 0 Å². The highest BCUT2D eigenvalue weighted by molar-refractivity contribution is 7.22. The van der Waals surface area contributed by atoms with Crippen LogP contribution in [0.25, 0.3) is 10.2 Å². The van der Waals surface area contributed by atoms with Crippen molar-refractivity contribution in [2.45, 2.75) is 25.9 Å². The fourth-order valence-corrected chi connectivity index (χ4v) is 4.66. The lowest BCUT2D eigenvalue weighted by atomic mass is 10.1. The first-order valence-corrected chi connectivity index (χ1v) is 11.1. The topological polar surface area (TPSA) is 70.1 Å². The molecule has 0 radical (unpaired) electrons. The zero-order valence-corrected chi connectivity index (χ0v) is 18.7. The van der Waals surface area contributed by atoms with Crippen molar-refractivity contribution >= 4 is 32.6 Å². The first kappa shape index (κ1) is 21.4. The van der Waals surface area contributed by atoms with Gasteiger partial charge in [0.25, 0.3) is 5.91 Å². The van der Waals surface area contributed by atoms with Gasteiger partial charge in [0, 0.05) is 6.61 Å². The third-order valence-electron chi connectivity index (χ3n) is 5.19.